The minimum absolute atomic E-state index is 0.186. The van der Waals surface area contributed by atoms with Gasteiger partial charge in [0.15, 0.2) is 10.6 Å². The summed E-state index contributed by atoms with van der Waals surface area (Å²) in [5.41, 5.74) is 0.701. The lowest BCUT2D eigenvalue weighted by Crippen LogP contribution is -2.28. The van der Waals surface area contributed by atoms with Gasteiger partial charge in [-0.2, -0.15) is 5.26 Å². The lowest BCUT2D eigenvalue weighted by atomic mass is 9.90. The molecule has 7 nitrogen and oxygen atoms in total. The number of esters is 1. The summed E-state index contributed by atoms with van der Waals surface area (Å²) >= 11 is 1.21. The van der Waals surface area contributed by atoms with Crippen LogP contribution in [-0.2, 0) is 4.74 Å². The summed E-state index contributed by atoms with van der Waals surface area (Å²) in [6.45, 7) is 0.840. The van der Waals surface area contributed by atoms with Gasteiger partial charge in [0.1, 0.15) is 0 Å². The van der Waals surface area contributed by atoms with Gasteiger partial charge in [-0.05, 0) is 43.7 Å². The average molecular weight is 456 g/mol. The minimum Gasteiger partial charge on any atom is -0.461 e. The third-order valence-corrected chi connectivity index (χ3v) is 6.53. The van der Waals surface area contributed by atoms with Crippen molar-refractivity contribution in [1.29, 1.82) is 5.26 Å². The van der Waals surface area contributed by atoms with E-state index in [0.717, 1.165) is 37.0 Å². The van der Waals surface area contributed by atoms with E-state index in [0.29, 0.717) is 31.2 Å². The summed E-state index contributed by atoms with van der Waals surface area (Å²) < 4.78 is 11.1. The third-order valence-electron chi connectivity index (χ3n) is 5.41. The Morgan fingerprint density at radius 2 is 2.03 bits per heavy atom. The Morgan fingerprint density at radius 3 is 2.78 bits per heavy atom. The van der Waals surface area contributed by atoms with Crippen LogP contribution >= 0.6 is 11.3 Å². The van der Waals surface area contributed by atoms with Crippen LogP contribution in [0.1, 0.15) is 67.5 Å². The fraction of sp³-hybridized carbons (Fsp3) is 0.500. The van der Waals surface area contributed by atoms with Crippen LogP contribution in [0.3, 0.4) is 0 Å². The van der Waals surface area contributed by atoms with E-state index in [1.165, 1.54) is 30.6 Å². The van der Waals surface area contributed by atoms with Gasteiger partial charge in [-0.25, -0.2) is 9.59 Å². The number of hydrogen-bond donors (Lipinski definition) is 1. The molecule has 1 N–H and O–H groups in total. The van der Waals surface area contributed by atoms with Crippen LogP contribution in [0.15, 0.2) is 30.5 Å². The number of nitrogens with zero attached hydrogens (tertiary/aromatic N) is 2. The summed E-state index contributed by atoms with van der Waals surface area (Å²) in [6.07, 6.45) is 9.76. The van der Waals surface area contributed by atoms with E-state index < -0.39 is 12.1 Å². The fourth-order valence-electron chi connectivity index (χ4n) is 3.67. The molecule has 170 valence electrons. The van der Waals surface area contributed by atoms with E-state index in [1.54, 1.807) is 12.3 Å². The first kappa shape index (κ1) is 23.7. The van der Waals surface area contributed by atoms with Crippen molar-refractivity contribution < 1.29 is 19.1 Å². The van der Waals surface area contributed by atoms with Crippen molar-refractivity contribution in [2.24, 2.45) is 5.92 Å². The number of nitrogens with one attached hydrogen (secondary N) is 1. The maximum Gasteiger partial charge on any atom is 0.412 e. The smallest absolute Gasteiger partial charge is 0.412 e. The third kappa shape index (κ3) is 7.34. The Kier molecular flexibility index (Phi) is 9.51. The Bertz CT molecular complexity index is 917. The highest BCUT2D eigenvalue weighted by molar-refractivity contribution is 7.17. The van der Waals surface area contributed by atoms with Gasteiger partial charge in [0.2, 0.25) is 0 Å². The second kappa shape index (κ2) is 12.8. The maximum absolute atomic E-state index is 12.8. The number of amides is 1. The molecule has 0 unspecified atom stereocenters. The SMILES string of the molecule is N#CCCCCCNC(=O)Oc1cc(-c2ccccn2)sc1C(=O)OCC1CCCCC1. The molecular weight excluding hydrogens is 426 g/mol. The summed E-state index contributed by atoms with van der Waals surface area (Å²) in [4.78, 5) is 30.4. The van der Waals surface area contributed by atoms with Gasteiger partial charge in [0.25, 0.3) is 0 Å². The number of rotatable bonds is 10. The number of carbonyl (C=O) groups is 2. The number of carbonyl (C=O) groups excluding carboxylic acids is 2. The summed E-state index contributed by atoms with van der Waals surface area (Å²) in [5.74, 6) is 0.116. The standard InChI is InChI=1S/C24H29N3O4S/c25-13-7-1-2-8-15-27-24(29)31-20-16-21(19-12-6-9-14-26-19)32-22(20)23(28)30-17-18-10-4-3-5-11-18/h6,9,12,14,16,18H,1-5,7-8,10-11,15,17H2,(H,27,29). The van der Waals surface area contributed by atoms with E-state index in [4.69, 9.17) is 14.7 Å². The van der Waals surface area contributed by atoms with Crippen molar-refractivity contribution in [2.45, 2.75) is 57.8 Å². The Labute approximate surface area is 192 Å². The Morgan fingerprint density at radius 1 is 1.19 bits per heavy atom. The van der Waals surface area contributed by atoms with Gasteiger partial charge in [-0.1, -0.05) is 31.7 Å². The van der Waals surface area contributed by atoms with Crippen LogP contribution in [-0.4, -0.2) is 30.2 Å². The van der Waals surface area contributed by atoms with E-state index in [1.807, 2.05) is 18.2 Å². The summed E-state index contributed by atoms with van der Waals surface area (Å²) in [7, 11) is 0. The maximum atomic E-state index is 12.8. The van der Waals surface area contributed by atoms with Crippen molar-refractivity contribution >= 4 is 23.4 Å². The van der Waals surface area contributed by atoms with Gasteiger partial charge >= 0.3 is 12.1 Å². The normalized spacial score (nSPS) is 13.8. The quantitative estimate of drug-likeness (QED) is 0.363. The first-order valence-corrected chi connectivity index (χ1v) is 12.0. The van der Waals surface area contributed by atoms with Crippen LogP contribution in [0.25, 0.3) is 10.6 Å². The molecular formula is C24H29N3O4S. The van der Waals surface area contributed by atoms with Gasteiger partial charge in [0.05, 0.1) is 23.2 Å². The number of aromatic nitrogens is 1. The summed E-state index contributed by atoms with van der Waals surface area (Å²) in [5, 5.41) is 11.3. The molecule has 0 bridgehead atoms. The predicted molar refractivity (Wildman–Crippen MR) is 123 cm³/mol. The number of hydrogen-bond acceptors (Lipinski definition) is 7. The predicted octanol–water partition coefficient (Wildman–Crippen LogP) is 5.72. The molecule has 0 radical (unpaired) electrons. The molecule has 8 heteroatoms. The molecule has 1 fully saturated rings. The molecule has 0 atom stereocenters. The Hall–Kier alpha value is -2.92. The van der Waals surface area contributed by atoms with Crippen LogP contribution in [0.5, 0.6) is 5.75 Å². The van der Waals surface area contributed by atoms with Gasteiger partial charge in [-0.3, -0.25) is 4.98 Å². The number of thiophene rings is 1. The number of pyridine rings is 1. The first-order valence-electron chi connectivity index (χ1n) is 11.2. The van der Waals surface area contributed by atoms with E-state index in [2.05, 4.69) is 16.4 Å². The van der Waals surface area contributed by atoms with Crippen molar-refractivity contribution in [3.8, 4) is 22.4 Å². The molecule has 1 aliphatic carbocycles. The number of ether oxygens (including phenoxy) is 2. The topological polar surface area (TPSA) is 101 Å². The van der Waals surface area contributed by atoms with E-state index >= 15 is 0 Å². The van der Waals surface area contributed by atoms with E-state index in [-0.39, 0.29) is 10.6 Å². The van der Waals surface area contributed by atoms with Gasteiger partial charge in [0, 0.05) is 25.2 Å². The molecule has 0 saturated heterocycles. The first-order chi connectivity index (χ1) is 15.7. The lowest BCUT2D eigenvalue weighted by Gasteiger charge is -2.20. The van der Waals surface area contributed by atoms with Crippen molar-refractivity contribution in [2.75, 3.05) is 13.2 Å². The average Bonchev–Trinajstić information content (AvgIpc) is 3.25. The molecule has 2 aromatic rings. The molecule has 3 rings (SSSR count). The minimum atomic E-state index is -0.614. The highest BCUT2D eigenvalue weighted by atomic mass is 32.1. The molecule has 0 aromatic carbocycles. The zero-order chi connectivity index (χ0) is 22.6. The van der Waals surface area contributed by atoms with E-state index in [9.17, 15) is 9.59 Å². The van der Waals surface area contributed by atoms with Gasteiger partial charge in [-0.15, -0.1) is 11.3 Å². The van der Waals surface area contributed by atoms with Crippen LogP contribution in [0, 0.1) is 17.2 Å². The molecule has 2 aromatic heterocycles. The number of nitriles is 1. The van der Waals surface area contributed by atoms with Crippen LogP contribution in [0.2, 0.25) is 0 Å². The Balaban J connectivity index is 1.63. The molecule has 1 amide bonds. The molecule has 32 heavy (non-hydrogen) atoms. The zero-order valence-electron chi connectivity index (χ0n) is 18.2. The number of unbranched alkanes of at least 4 members (excludes halogenated alkanes) is 3. The van der Waals surface area contributed by atoms with Crippen molar-refractivity contribution in [3.63, 3.8) is 0 Å². The van der Waals surface area contributed by atoms with Crippen LogP contribution in [0.4, 0.5) is 4.79 Å². The largest absolute Gasteiger partial charge is 0.461 e. The summed E-state index contributed by atoms with van der Waals surface area (Å²) in [6, 6.07) is 9.29. The fourth-order valence-corrected chi connectivity index (χ4v) is 4.63. The second-order valence-electron chi connectivity index (χ2n) is 7.91. The monoisotopic (exact) mass is 455 g/mol. The highest BCUT2D eigenvalue weighted by Gasteiger charge is 2.24. The van der Waals surface area contributed by atoms with Gasteiger partial charge < -0.3 is 14.8 Å². The molecule has 2 heterocycles. The van der Waals surface area contributed by atoms with Crippen molar-refractivity contribution in [3.05, 3.63) is 35.3 Å². The zero-order valence-corrected chi connectivity index (χ0v) is 19.0. The molecule has 0 aliphatic heterocycles. The van der Waals surface area contributed by atoms with Crippen LogP contribution < -0.4 is 10.1 Å². The lowest BCUT2D eigenvalue weighted by molar-refractivity contribution is 0.0413. The van der Waals surface area contributed by atoms with Crippen molar-refractivity contribution in [1.82, 2.24) is 10.3 Å². The highest BCUT2D eigenvalue weighted by Crippen LogP contribution is 2.36. The molecule has 1 saturated carbocycles. The second-order valence-corrected chi connectivity index (χ2v) is 8.96. The molecule has 0 spiro atoms. The molecule has 1 aliphatic rings.